The molecule has 2 nitrogen and oxygen atoms in total. The third-order valence-electron chi connectivity index (χ3n) is 0.807. The molecule has 0 aliphatic carbocycles. The summed E-state index contributed by atoms with van der Waals surface area (Å²) >= 11 is 10.5. The summed E-state index contributed by atoms with van der Waals surface area (Å²) in [6.07, 6.45) is 2.63. The lowest BCUT2D eigenvalue weighted by molar-refractivity contribution is 0.568. The second kappa shape index (κ2) is 2.37. The lowest BCUT2D eigenvalue weighted by atomic mass is 10.7. The van der Waals surface area contributed by atoms with Crippen LogP contribution >= 0.6 is 28.3 Å². The summed E-state index contributed by atoms with van der Waals surface area (Å²) in [7, 11) is 0. The Bertz CT molecular complexity index is 225. The fourth-order valence-corrected chi connectivity index (χ4v) is 1.40. The van der Waals surface area contributed by atoms with Crippen LogP contribution in [0, 0.1) is 0 Å². The summed E-state index contributed by atoms with van der Waals surface area (Å²) in [5, 5.41) is 0.339. The standard InChI is InChI=1S/C4H3Cl2O2P/c5-9(6,7)4-1-2-8-3-4/h1-3H. The van der Waals surface area contributed by atoms with Crippen molar-refractivity contribution in [3.63, 3.8) is 0 Å². The molecule has 0 amide bonds. The molecule has 1 rings (SSSR count). The average molecular weight is 185 g/mol. The molecule has 1 aromatic rings. The van der Waals surface area contributed by atoms with Crippen LogP contribution in [0.1, 0.15) is 0 Å². The molecule has 0 aromatic carbocycles. The molecule has 50 valence electrons. The predicted molar refractivity (Wildman–Crippen MR) is 37.7 cm³/mol. The molecule has 0 fully saturated rings. The van der Waals surface area contributed by atoms with E-state index in [0.717, 1.165) is 0 Å². The molecule has 0 aliphatic heterocycles. The largest absolute Gasteiger partial charge is 0.472 e. The normalized spacial score (nSPS) is 11.8. The lowest BCUT2D eigenvalue weighted by Crippen LogP contribution is -1.88. The van der Waals surface area contributed by atoms with Gasteiger partial charge in [0, 0.05) is 0 Å². The fraction of sp³-hybridized carbons (Fsp3) is 0. The Balaban J connectivity index is 3.04. The Morgan fingerprint density at radius 3 is 2.44 bits per heavy atom. The van der Waals surface area contributed by atoms with Gasteiger partial charge in [-0.3, -0.25) is 4.57 Å². The van der Waals surface area contributed by atoms with Crippen molar-refractivity contribution in [1.29, 1.82) is 0 Å². The fourth-order valence-electron chi connectivity index (χ4n) is 0.405. The molecule has 0 bridgehead atoms. The van der Waals surface area contributed by atoms with Gasteiger partial charge in [0.15, 0.2) is 0 Å². The van der Waals surface area contributed by atoms with Gasteiger partial charge < -0.3 is 4.42 Å². The van der Waals surface area contributed by atoms with Gasteiger partial charge >= 0.3 is 0 Å². The van der Waals surface area contributed by atoms with Crippen molar-refractivity contribution in [2.24, 2.45) is 0 Å². The molecule has 0 aliphatic rings. The quantitative estimate of drug-likeness (QED) is 0.629. The van der Waals surface area contributed by atoms with Crippen LogP contribution in [0.4, 0.5) is 0 Å². The Morgan fingerprint density at radius 2 is 2.22 bits per heavy atom. The topological polar surface area (TPSA) is 30.2 Å². The zero-order chi connectivity index (χ0) is 6.91. The summed E-state index contributed by atoms with van der Waals surface area (Å²) in [5.41, 5.74) is 0. The maximum Gasteiger partial charge on any atom is 0.285 e. The number of hydrogen-bond acceptors (Lipinski definition) is 2. The average Bonchev–Trinajstić information content (AvgIpc) is 2.08. The van der Waals surface area contributed by atoms with Crippen LogP contribution in [-0.2, 0) is 4.57 Å². The van der Waals surface area contributed by atoms with E-state index in [1.807, 2.05) is 0 Å². The van der Waals surface area contributed by atoms with E-state index in [4.69, 9.17) is 22.5 Å². The molecule has 1 aromatic heterocycles. The maximum absolute atomic E-state index is 10.7. The predicted octanol–water partition coefficient (Wildman–Crippen LogP) is 2.58. The van der Waals surface area contributed by atoms with Crippen LogP contribution in [0.3, 0.4) is 0 Å². The van der Waals surface area contributed by atoms with E-state index in [-0.39, 0.29) is 0 Å². The van der Waals surface area contributed by atoms with Gasteiger partial charge in [0.25, 0.3) is 5.85 Å². The van der Waals surface area contributed by atoms with Crippen molar-refractivity contribution in [3.05, 3.63) is 18.6 Å². The number of furan rings is 1. The molecule has 0 radical (unpaired) electrons. The number of rotatable bonds is 1. The molecular formula is C4H3Cl2O2P. The van der Waals surface area contributed by atoms with Gasteiger partial charge in [-0.05, 0) is 28.5 Å². The van der Waals surface area contributed by atoms with Gasteiger partial charge in [0.2, 0.25) is 0 Å². The minimum absolute atomic E-state index is 0.339. The minimum atomic E-state index is -3.12. The third kappa shape index (κ3) is 1.75. The first-order valence-electron chi connectivity index (χ1n) is 2.13. The molecule has 0 spiro atoms. The van der Waals surface area contributed by atoms with E-state index in [1.165, 1.54) is 18.6 Å². The van der Waals surface area contributed by atoms with Crippen molar-refractivity contribution < 1.29 is 8.98 Å². The summed E-state index contributed by atoms with van der Waals surface area (Å²) < 4.78 is 15.3. The van der Waals surface area contributed by atoms with E-state index in [1.54, 1.807) is 0 Å². The molecule has 5 heteroatoms. The van der Waals surface area contributed by atoms with E-state index < -0.39 is 5.85 Å². The van der Waals surface area contributed by atoms with Crippen LogP contribution in [0.25, 0.3) is 0 Å². The zero-order valence-corrected chi connectivity index (χ0v) is 6.66. The van der Waals surface area contributed by atoms with Crippen LogP contribution in [0.2, 0.25) is 0 Å². The van der Waals surface area contributed by atoms with E-state index in [9.17, 15) is 4.57 Å². The highest BCUT2D eigenvalue weighted by molar-refractivity contribution is 8.13. The highest BCUT2D eigenvalue weighted by atomic mass is 35.9. The molecule has 0 saturated carbocycles. The monoisotopic (exact) mass is 184 g/mol. The van der Waals surface area contributed by atoms with Gasteiger partial charge in [-0.15, -0.1) is 0 Å². The van der Waals surface area contributed by atoms with Crippen LogP contribution in [-0.4, -0.2) is 0 Å². The highest BCUT2D eigenvalue weighted by Gasteiger charge is 2.17. The molecule has 0 N–H and O–H groups in total. The first-order chi connectivity index (χ1) is 4.11. The van der Waals surface area contributed by atoms with Gasteiger partial charge in [-0.2, -0.15) is 0 Å². The van der Waals surface area contributed by atoms with E-state index in [2.05, 4.69) is 4.42 Å². The van der Waals surface area contributed by atoms with Gasteiger partial charge in [0.1, 0.15) is 6.26 Å². The highest BCUT2D eigenvalue weighted by Crippen LogP contribution is 2.55. The summed E-state index contributed by atoms with van der Waals surface area (Å²) in [6, 6.07) is 1.47. The Kier molecular flexibility index (Phi) is 1.90. The molecule has 1 heterocycles. The molecule has 0 unspecified atom stereocenters. The first-order valence-corrected chi connectivity index (χ1v) is 5.64. The molecule has 0 saturated heterocycles. The summed E-state index contributed by atoms with van der Waals surface area (Å²) in [6.45, 7) is 0. The van der Waals surface area contributed by atoms with Gasteiger partial charge in [-0.1, -0.05) is 0 Å². The number of halogens is 2. The van der Waals surface area contributed by atoms with Gasteiger partial charge in [-0.25, -0.2) is 0 Å². The van der Waals surface area contributed by atoms with Crippen LogP contribution < -0.4 is 5.30 Å². The lowest BCUT2D eigenvalue weighted by Gasteiger charge is -1.91. The van der Waals surface area contributed by atoms with E-state index >= 15 is 0 Å². The Hall–Kier alpha value is 0.0900. The summed E-state index contributed by atoms with van der Waals surface area (Å²) in [5.74, 6) is -3.12. The SMILES string of the molecule is O=P(Cl)(Cl)c1ccoc1. The van der Waals surface area contributed by atoms with E-state index in [0.29, 0.717) is 5.30 Å². The maximum atomic E-state index is 10.7. The molecule has 9 heavy (non-hydrogen) atoms. The van der Waals surface area contributed by atoms with Crippen LogP contribution in [0.5, 0.6) is 0 Å². The van der Waals surface area contributed by atoms with Crippen molar-refractivity contribution in [2.75, 3.05) is 0 Å². The van der Waals surface area contributed by atoms with Crippen molar-refractivity contribution in [2.45, 2.75) is 0 Å². The van der Waals surface area contributed by atoms with Crippen molar-refractivity contribution in [3.8, 4) is 0 Å². The Labute approximate surface area is 61.7 Å². The smallest absolute Gasteiger partial charge is 0.285 e. The first kappa shape index (κ1) is 7.20. The van der Waals surface area contributed by atoms with Crippen molar-refractivity contribution in [1.82, 2.24) is 0 Å². The van der Waals surface area contributed by atoms with Crippen LogP contribution in [0.15, 0.2) is 23.0 Å². The minimum Gasteiger partial charge on any atom is -0.472 e. The van der Waals surface area contributed by atoms with Crippen molar-refractivity contribution >= 4 is 33.6 Å². The molecular weight excluding hydrogens is 182 g/mol. The van der Waals surface area contributed by atoms with Gasteiger partial charge in [0.05, 0.1) is 11.6 Å². The molecule has 0 atom stereocenters. The zero-order valence-electron chi connectivity index (χ0n) is 4.25. The number of hydrogen-bond donors (Lipinski definition) is 0. The second-order valence-electron chi connectivity index (χ2n) is 1.44. The third-order valence-corrected chi connectivity index (χ3v) is 2.83. The Morgan fingerprint density at radius 1 is 1.56 bits per heavy atom. The second-order valence-corrected chi connectivity index (χ2v) is 6.26. The summed E-state index contributed by atoms with van der Waals surface area (Å²) in [4.78, 5) is 0.